The van der Waals surface area contributed by atoms with Crippen molar-refractivity contribution in [3.8, 4) is 5.69 Å². The number of hydrogen-bond donors (Lipinski definition) is 2. The SMILES string of the molecule is Cc1nn(-c2ccccc2C(=O)O)c2c1[C@@H](c1ccc(Br)s1)C1=C(C[C@@H](c3cccs3)CC1=O)N2. The van der Waals surface area contributed by atoms with E-state index in [1.165, 1.54) is 4.88 Å². The molecule has 3 aromatic heterocycles. The van der Waals surface area contributed by atoms with Gasteiger partial charge in [0.2, 0.25) is 0 Å². The van der Waals surface area contributed by atoms with E-state index in [0.29, 0.717) is 12.1 Å². The number of para-hydroxylation sites is 1. The third-order valence-corrected chi connectivity index (χ3v) is 9.37. The first-order valence-electron chi connectivity index (χ1n) is 11.2. The lowest BCUT2D eigenvalue weighted by Crippen LogP contribution is -2.30. The van der Waals surface area contributed by atoms with Crippen LogP contribution in [-0.4, -0.2) is 26.6 Å². The van der Waals surface area contributed by atoms with Gasteiger partial charge >= 0.3 is 5.97 Å². The minimum atomic E-state index is -1.01. The molecule has 0 unspecified atom stereocenters. The average molecular weight is 567 g/mol. The molecule has 2 aliphatic rings. The number of fused-ring (bicyclic) bond motifs is 1. The first-order chi connectivity index (χ1) is 16.9. The maximum atomic E-state index is 13.7. The number of allylic oxidation sites excluding steroid dienone is 2. The molecule has 176 valence electrons. The Labute approximate surface area is 218 Å². The number of aromatic carboxylic acids is 1. The molecule has 9 heteroatoms. The molecule has 0 fully saturated rings. The molecular formula is C26H20BrN3O3S2. The van der Waals surface area contributed by atoms with Crippen molar-refractivity contribution in [2.24, 2.45) is 0 Å². The molecule has 0 saturated carbocycles. The molecule has 0 bridgehead atoms. The maximum Gasteiger partial charge on any atom is 0.337 e. The van der Waals surface area contributed by atoms with E-state index in [1.807, 2.05) is 30.5 Å². The van der Waals surface area contributed by atoms with Gasteiger partial charge in [-0.05, 0) is 65.0 Å². The van der Waals surface area contributed by atoms with Gasteiger partial charge in [0.15, 0.2) is 5.78 Å². The third kappa shape index (κ3) is 3.69. The smallest absolute Gasteiger partial charge is 0.337 e. The fourth-order valence-corrected chi connectivity index (χ4v) is 7.56. The first-order valence-corrected chi connectivity index (χ1v) is 13.7. The van der Waals surface area contributed by atoms with Crippen LogP contribution in [0.5, 0.6) is 0 Å². The van der Waals surface area contributed by atoms with Crippen LogP contribution in [0.15, 0.2) is 69.0 Å². The summed E-state index contributed by atoms with van der Waals surface area (Å²) >= 11 is 6.87. The number of nitrogens with one attached hydrogen (secondary N) is 1. The number of carbonyl (C=O) groups excluding carboxylic acids is 1. The summed E-state index contributed by atoms with van der Waals surface area (Å²) in [7, 11) is 0. The molecule has 35 heavy (non-hydrogen) atoms. The van der Waals surface area contributed by atoms with Crippen LogP contribution in [-0.2, 0) is 4.79 Å². The first kappa shape index (κ1) is 22.5. The molecule has 1 aromatic carbocycles. The molecule has 1 aliphatic heterocycles. The predicted octanol–water partition coefficient (Wildman–Crippen LogP) is 6.72. The highest BCUT2D eigenvalue weighted by Gasteiger charge is 2.42. The Morgan fingerprint density at radius 2 is 1.97 bits per heavy atom. The second kappa shape index (κ2) is 8.58. The van der Waals surface area contributed by atoms with Gasteiger partial charge in [0, 0.05) is 38.9 Å². The summed E-state index contributed by atoms with van der Waals surface area (Å²) in [5, 5.41) is 20.2. The van der Waals surface area contributed by atoms with Crippen LogP contribution < -0.4 is 5.32 Å². The van der Waals surface area contributed by atoms with Gasteiger partial charge < -0.3 is 10.4 Å². The van der Waals surface area contributed by atoms with Crippen molar-refractivity contribution in [3.63, 3.8) is 0 Å². The largest absolute Gasteiger partial charge is 0.478 e. The molecule has 1 aliphatic carbocycles. The van der Waals surface area contributed by atoms with Gasteiger partial charge in [0.05, 0.1) is 26.6 Å². The predicted molar refractivity (Wildman–Crippen MR) is 141 cm³/mol. The highest BCUT2D eigenvalue weighted by molar-refractivity contribution is 9.11. The van der Waals surface area contributed by atoms with Crippen molar-refractivity contribution in [2.45, 2.75) is 31.6 Å². The molecule has 2 atom stereocenters. The van der Waals surface area contributed by atoms with Gasteiger partial charge in [-0.2, -0.15) is 5.10 Å². The van der Waals surface area contributed by atoms with E-state index in [4.69, 9.17) is 5.10 Å². The Morgan fingerprint density at radius 1 is 1.14 bits per heavy atom. The van der Waals surface area contributed by atoms with Gasteiger partial charge in [-0.3, -0.25) is 4.79 Å². The van der Waals surface area contributed by atoms with Gasteiger partial charge in [0.25, 0.3) is 0 Å². The summed E-state index contributed by atoms with van der Waals surface area (Å²) in [6.07, 6.45) is 1.20. The summed E-state index contributed by atoms with van der Waals surface area (Å²) in [5.41, 5.74) is 4.04. The van der Waals surface area contributed by atoms with Crippen molar-refractivity contribution < 1.29 is 14.7 Å². The second-order valence-corrected chi connectivity index (χ2v) is 12.2. The molecular weight excluding hydrogens is 546 g/mol. The van der Waals surface area contributed by atoms with Gasteiger partial charge in [-0.15, -0.1) is 22.7 Å². The number of carbonyl (C=O) groups is 2. The van der Waals surface area contributed by atoms with Crippen molar-refractivity contribution >= 4 is 56.2 Å². The highest BCUT2D eigenvalue weighted by atomic mass is 79.9. The fourth-order valence-electron chi connectivity index (χ4n) is 5.18. The number of aryl methyl sites for hydroxylation is 1. The number of thiophene rings is 2. The number of aromatic nitrogens is 2. The number of benzene rings is 1. The number of hydrogen-bond acceptors (Lipinski definition) is 6. The molecule has 0 radical (unpaired) electrons. The number of carboxylic acids is 1. The quantitative estimate of drug-likeness (QED) is 0.287. The van der Waals surface area contributed by atoms with E-state index in [0.717, 1.165) is 43.4 Å². The van der Waals surface area contributed by atoms with Gasteiger partial charge in [-0.1, -0.05) is 18.2 Å². The average Bonchev–Trinajstić information content (AvgIpc) is 3.59. The topological polar surface area (TPSA) is 84.2 Å². The Balaban J connectivity index is 1.56. The number of ketones is 1. The Hall–Kier alpha value is -3.01. The van der Waals surface area contributed by atoms with Gasteiger partial charge in [0.1, 0.15) is 5.82 Å². The highest BCUT2D eigenvalue weighted by Crippen LogP contribution is 2.51. The lowest BCUT2D eigenvalue weighted by molar-refractivity contribution is -0.116. The minimum Gasteiger partial charge on any atom is -0.478 e. The zero-order chi connectivity index (χ0) is 24.3. The van der Waals surface area contributed by atoms with E-state index in [1.54, 1.807) is 45.6 Å². The Bertz CT molecular complexity index is 1520. The Morgan fingerprint density at radius 3 is 2.69 bits per heavy atom. The van der Waals surface area contributed by atoms with Crippen LogP contribution in [0, 0.1) is 6.92 Å². The standard InChI is InChI=1S/C26H20BrN3O3S2/c1-13-22-24(20-8-9-21(27)35-20)23-16(11-14(12-18(23)31)19-7-4-10-34-19)28-25(22)30(29-13)17-6-3-2-5-15(17)26(32)33/h2-10,14,24,28H,11-12H2,1H3,(H,32,33)/t14-,24-/m1/s1. The molecule has 0 saturated heterocycles. The number of halogens is 1. The molecule has 2 N–H and O–H groups in total. The maximum absolute atomic E-state index is 13.7. The van der Waals surface area contributed by atoms with E-state index in [9.17, 15) is 14.7 Å². The molecule has 0 amide bonds. The lowest BCUT2D eigenvalue weighted by atomic mass is 9.75. The molecule has 4 aromatic rings. The van der Waals surface area contributed by atoms with Crippen LogP contribution in [0.1, 0.15) is 56.0 Å². The van der Waals surface area contributed by atoms with Crippen molar-refractivity contribution in [1.29, 1.82) is 0 Å². The summed E-state index contributed by atoms with van der Waals surface area (Å²) in [4.78, 5) is 27.9. The van der Waals surface area contributed by atoms with Crippen LogP contribution in [0.4, 0.5) is 5.82 Å². The molecule has 0 spiro atoms. The fraction of sp³-hybridized carbons (Fsp3) is 0.192. The summed E-state index contributed by atoms with van der Waals surface area (Å²) in [6, 6.07) is 15.0. The number of rotatable bonds is 4. The Kier molecular flexibility index (Phi) is 5.51. The molecule has 6 rings (SSSR count). The number of anilines is 1. The lowest BCUT2D eigenvalue weighted by Gasteiger charge is -2.35. The number of carboxylic acid groups (broad SMARTS) is 1. The van der Waals surface area contributed by atoms with E-state index in [2.05, 4.69) is 33.4 Å². The summed E-state index contributed by atoms with van der Waals surface area (Å²) < 4.78 is 2.68. The van der Waals surface area contributed by atoms with Crippen LogP contribution in [0.25, 0.3) is 5.69 Å². The summed E-state index contributed by atoms with van der Waals surface area (Å²) in [6.45, 7) is 1.92. The molecule has 6 nitrogen and oxygen atoms in total. The van der Waals surface area contributed by atoms with Crippen molar-refractivity contribution in [3.05, 3.63) is 95.5 Å². The van der Waals surface area contributed by atoms with E-state index < -0.39 is 5.97 Å². The van der Waals surface area contributed by atoms with E-state index in [-0.39, 0.29) is 23.2 Å². The molecule has 4 heterocycles. The minimum absolute atomic E-state index is 0.120. The zero-order valence-corrected chi connectivity index (χ0v) is 21.8. The van der Waals surface area contributed by atoms with Crippen molar-refractivity contribution in [1.82, 2.24) is 9.78 Å². The van der Waals surface area contributed by atoms with Gasteiger partial charge in [-0.25, -0.2) is 9.48 Å². The normalized spacial score (nSPS) is 19.3. The number of nitrogens with zero attached hydrogens (tertiary/aromatic N) is 2. The third-order valence-electron chi connectivity index (χ3n) is 6.65. The van der Waals surface area contributed by atoms with Crippen LogP contribution in [0.2, 0.25) is 0 Å². The monoisotopic (exact) mass is 565 g/mol. The second-order valence-electron chi connectivity index (χ2n) is 8.72. The van der Waals surface area contributed by atoms with E-state index >= 15 is 0 Å². The van der Waals surface area contributed by atoms with Crippen molar-refractivity contribution in [2.75, 3.05) is 5.32 Å². The summed E-state index contributed by atoms with van der Waals surface area (Å²) in [5.74, 6) is -0.267. The zero-order valence-electron chi connectivity index (χ0n) is 18.6. The van der Waals surface area contributed by atoms with Crippen LogP contribution in [0.3, 0.4) is 0 Å². The van der Waals surface area contributed by atoms with Crippen LogP contribution >= 0.6 is 38.6 Å². The number of Topliss-reactive ketones (excluding diaryl/α,β-unsaturated/α-hetero) is 1.